The molecule has 0 unspecified atom stereocenters. The van der Waals surface area contributed by atoms with Gasteiger partial charge >= 0.3 is 0 Å². The number of piperidine rings is 1. The van der Waals surface area contributed by atoms with E-state index in [1.54, 1.807) is 0 Å². The van der Waals surface area contributed by atoms with Gasteiger partial charge in [0.05, 0.1) is 6.61 Å². The lowest BCUT2D eigenvalue weighted by atomic mass is 9.95. The normalized spacial score (nSPS) is 17.1. The van der Waals surface area contributed by atoms with Crippen LogP contribution in [0.15, 0.2) is 18.2 Å². The molecule has 2 rings (SSSR count). The summed E-state index contributed by atoms with van der Waals surface area (Å²) in [5, 5.41) is 3.30. The van der Waals surface area contributed by atoms with E-state index in [1.807, 2.05) is 0 Å². The molecule has 0 amide bonds. The molecule has 1 N–H and O–H groups in total. The molecule has 0 aromatic heterocycles. The van der Waals surface area contributed by atoms with Crippen LogP contribution < -0.4 is 10.1 Å². The summed E-state index contributed by atoms with van der Waals surface area (Å²) in [5.41, 5.74) is 0. The molecule has 1 aliphatic rings. The Hall–Kier alpha value is -1.16. The zero-order valence-corrected chi connectivity index (χ0v) is 9.72. The van der Waals surface area contributed by atoms with E-state index in [2.05, 4.69) is 5.32 Å². The Kier molecular flexibility index (Phi) is 4.31. The van der Waals surface area contributed by atoms with Crippen molar-refractivity contribution < 1.29 is 13.5 Å². The minimum absolute atomic E-state index is 0.401. The Balaban J connectivity index is 1.75. The third kappa shape index (κ3) is 3.66. The van der Waals surface area contributed by atoms with Gasteiger partial charge in [0, 0.05) is 6.07 Å². The van der Waals surface area contributed by atoms with E-state index in [9.17, 15) is 8.78 Å². The van der Waals surface area contributed by atoms with Gasteiger partial charge in [-0.25, -0.2) is 8.78 Å². The highest BCUT2D eigenvalue weighted by atomic mass is 19.2. The van der Waals surface area contributed by atoms with Crippen LogP contribution in [0.2, 0.25) is 0 Å². The molecule has 0 spiro atoms. The highest BCUT2D eigenvalue weighted by Gasteiger charge is 2.12. The molecule has 1 heterocycles. The van der Waals surface area contributed by atoms with Crippen molar-refractivity contribution >= 4 is 0 Å². The lowest BCUT2D eigenvalue weighted by molar-refractivity contribution is 0.250. The van der Waals surface area contributed by atoms with Crippen molar-refractivity contribution in [3.05, 3.63) is 29.8 Å². The number of benzene rings is 1. The van der Waals surface area contributed by atoms with E-state index >= 15 is 0 Å². The third-order valence-electron chi connectivity index (χ3n) is 3.14. The van der Waals surface area contributed by atoms with Crippen LogP contribution in [0.5, 0.6) is 5.75 Å². The van der Waals surface area contributed by atoms with E-state index in [1.165, 1.54) is 18.9 Å². The maximum absolute atomic E-state index is 12.9. The minimum atomic E-state index is -0.857. The first-order chi connectivity index (χ1) is 8.25. The summed E-state index contributed by atoms with van der Waals surface area (Å²) in [7, 11) is 0. The largest absolute Gasteiger partial charge is 0.493 e. The molecule has 1 aromatic carbocycles. The second-order valence-corrected chi connectivity index (χ2v) is 4.41. The van der Waals surface area contributed by atoms with Gasteiger partial charge in [-0.1, -0.05) is 0 Å². The molecule has 1 fully saturated rings. The molecule has 1 saturated heterocycles. The highest BCUT2D eigenvalue weighted by Crippen LogP contribution is 2.19. The second-order valence-electron chi connectivity index (χ2n) is 4.41. The molecule has 94 valence electrons. The average Bonchev–Trinajstić information content (AvgIpc) is 2.35. The number of nitrogens with one attached hydrogen (secondary N) is 1. The zero-order chi connectivity index (χ0) is 12.1. The molecule has 17 heavy (non-hydrogen) atoms. The Morgan fingerprint density at radius 1 is 1.18 bits per heavy atom. The number of ether oxygens (including phenoxy) is 1. The van der Waals surface area contributed by atoms with Crippen LogP contribution in [0.25, 0.3) is 0 Å². The molecular weight excluding hydrogens is 224 g/mol. The first-order valence-electron chi connectivity index (χ1n) is 6.04. The van der Waals surface area contributed by atoms with Crippen molar-refractivity contribution in [1.29, 1.82) is 0 Å². The molecular formula is C13H17F2NO. The molecule has 0 bridgehead atoms. The summed E-state index contributed by atoms with van der Waals surface area (Å²) in [4.78, 5) is 0. The van der Waals surface area contributed by atoms with Crippen molar-refractivity contribution in [2.24, 2.45) is 5.92 Å². The van der Waals surface area contributed by atoms with Crippen LogP contribution in [0, 0.1) is 17.6 Å². The number of halogens is 2. The predicted molar refractivity (Wildman–Crippen MR) is 62.1 cm³/mol. The monoisotopic (exact) mass is 241 g/mol. The smallest absolute Gasteiger partial charge is 0.162 e. The fourth-order valence-corrected chi connectivity index (χ4v) is 2.08. The van der Waals surface area contributed by atoms with Crippen LogP contribution in [-0.4, -0.2) is 19.7 Å². The van der Waals surface area contributed by atoms with Crippen LogP contribution in [-0.2, 0) is 0 Å². The fraction of sp³-hybridized carbons (Fsp3) is 0.538. The van der Waals surface area contributed by atoms with Gasteiger partial charge in [0.2, 0.25) is 0 Å². The van der Waals surface area contributed by atoms with Crippen LogP contribution in [0.1, 0.15) is 19.3 Å². The fourth-order valence-electron chi connectivity index (χ4n) is 2.08. The van der Waals surface area contributed by atoms with Gasteiger partial charge < -0.3 is 10.1 Å². The molecule has 0 saturated carbocycles. The van der Waals surface area contributed by atoms with Crippen LogP contribution in [0.4, 0.5) is 8.78 Å². The molecule has 1 aromatic rings. The number of rotatable bonds is 4. The molecule has 0 radical (unpaired) electrons. The Labute approximate surface area is 100.0 Å². The van der Waals surface area contributed by atoms with Gasteiger partial charge in [-0.2, -0.15) is 0 Å². The topological polar surface area (TPSA) is 21.3 Å². The quantitative estimate of drug-likeness (QED) is 0.875. The van der Waals surface area contributed by atoms with Gasteiger partial charge in [0.15, 0.2) is 11.6 Å². The molecule has 1 aliphatic heterocycles. The van der Waals surface area contributed by atoms with Crippen molar-refractivity contribution in [1.82, 2.24) is 5.32 Å². The Bertz CT molecular complexity index is 364. The highest BCUT2D eigenvalue weighted by molar-refractivity contribution is 5.23. The number of hydrogen-bond acceptors (Lipinski definition) is 2. The van der Waals surface area contributed by atoms with Gasteiger partial charge in [-0.15, -0.1) is 0 Å². The summed E-state index contributed by atoms with van der Waals surface area (Å²) in [6.45, 7) is 2.70. The molecule has 4 heteroatoms. The second kappa shape index (κ2) is 5.96. The maximum atomic E-state index is 12.9. The van der Waals surface area contributed by atoms with E-state index in [-0.39, 0.29) is 0 Å². The van der Waals surface area contributed by atoms with Gasteiger partial charge in [0.25, 0.3) is 0 Å². The molecule has 0 aliphatic carbocycles. The Morgan fingerprint density at radius 3 is 2.65 bits per heavy atom. The average molecular weight is 241 g/mol. The lowest BCUT2D eigenvalue weighted by Gasteiger charge is -2.22. The third-order valence-corrected chi connectivity index (χ3v) is 3.14. The van der Waals surface area contributed by atoms with E-state index in [0.717, 1.165) is 31.6 Å². The van der Waals surface area contributed by atoms with Crippen molar-refractivity contribution in [2.45, 2.75) is 19.3 Å². The zero-order valence-electron chi connectivity index (χ0n) is 9.72. The number of hydrogen-bond donors (Lipinski definition) is 1. The summed E-state index contributed by atoms with van der Waals surface area (Å²) in [5.74, 6) is -0.612. The summed E-state index contributed by atoms with van der Waals surface area (Å²) in [6.07, 6.45) is 3.31. The van der Waals surface area contributed by atoms with E-state index in [4.69, 9.17) is 4.74 Å². The summed E-state index contributed by atoms with van der Waals surface area (Å²) >= 11 is 0. The maximum Gasteiger partial charge on any atom is 0.162 e. The lowest BCUT2D eigenvalue weighted by Crippen LogP contribution is -2.28. The van der Waals surface area contributed by atoms with Gasteiger partial charge in [-0.05, 0) is 50.4 Å². The van der Waals surface area contributed by atoms with E-state index in [0.29, 0.717) is 18.3 Å². The van der Waals surface area contributed by atoms with Crippen LogP contribution in [0.3, 0.4) is 0 Å². The summed E-state index contributed by atoms with van der Waals surface area (Å²) < 4.78 is 31.0. The van der Waals surface area contributed by atoms with Gasteiger partial charge in [-0.3, -0.25) is 0 Å². The first kappa shape index (κ1) is 12.3. The van der Waals surface area contributed by atoms with Crippen molar-refractivity contribution in [3.8, 4) is 5.75 Å². The minimum Gasteiger partial charge on any atom is -0.493 e. The van der Waals surface area contributed by atoms with E-state index < -0.39 is 11.6 Å². The SMILES string of the molecule is Fc1ccc(OCCC2CCNCC2)cc1F. The summed E-state index contributed by atoms with van der Waals surface area (Å²) in [6, 6.07) is 3.65. The molecule has 2 nitrogen and oxygen atoms in total. The van der Waals surface area contributed by atoms with Gasteiger partial charge in [0.1, 0.15) is 5.75 Å². The predicted octanol–water partition coefficient (Wildman–Crippen LogP) is 2.73. The van der Waals surface area contributed by atoms with Crippen molar-refractivity contribution in [3.63, 3.8) is 0 Å². The van der Waals surface area contributed by atoms with Crippen LogP contribution >= 0.6 is 0 Å². The first-order valence-corrected chi connectivity index (χ1v) is 6.04. The standard InChI is InChI=1S/C13H17F2NO/c14-12-2-1-11(9-13(12)15)17-8-5-10-3-6-16-7-4-10/h1-2,9-10,16H,3-8H2. The Morgan fingerprint density at radius 2 is 1.94 bits per heavy atom. The molecule has 0 atom stereocenters. The van der Waals surface area contributed by atoms with Crippen molar-refractivity contribution in [2.75, 3.05) is 19.7 Å².